The number of ether oxygens (including phenoxy) is 1. The van der Waals surface area contributed by atoms with Crippen LogP contribution < -0.4 is 5.73 Å². The lowest BCUT2D eigenvalue weighted by Gasteiger charge is -1.97. The number of hydrogen-bond donors (Lipinski definition) is 2. The Kier molecular flexibility index (Phi) is 1.89. The third kappa shape index (κ3) is 1.12. The Balaban J connectivity index is 2.70. The summed E-state index contributed by atoms with van der Waals surface area (Å²) in [5, 5.41) is 0.789. The lowest BCUT2D eigenvalue weighted by atomic mass is 10.1. The number of anilines is 1. The van der Waals surface area contributed by atoms with Gasteiger partial charge >= 0.3 is 5.97 Å². The van der Waals surface area contributed by atoms with E-state index in [2.05, 4.69) is 9.72 Å². The van der Waals surface area contributed by atoms with Gasteiger partial charge in [-0.15, -0.1) is 0 Å². The lowest BCUT2D eigenvalue weighted by Crippen LogP contribution is -1.99. The molecule has 1 heterocycles. The van der Waals surface area contributed by atoms with Crippen LogP contribution in [0.2, 0.25) is 0 Å². The fourth-order valence-electron chi connectivity index (χ4n) is 1.46. The Morgan fingerprint density at radius 1 is 1.50 bits per heavy atom. The van der Waals surface area contributed by atoms with E-state index < -0.39 is 0 Å². The maximum atomic E-state index is 11.3. The van der Waals surface area contributed by atoms with Gasteiger partial charge < -0.3 is 15.5 Å². The number of para-hydroxylation sites is 1. The van der Waals surface area contributed by atoms with Gasteiger partial charge in [0.2, 0.25) is 0 Å². The summed E-state index contributed by atoms with van der Waals surface area (Å²) in [5.41, 5.74) is 7.63. The van der Waals surface area contributed by atoms with Crippen molar-refractivity contribution in [1.82, 2.24) is 4.98 Å². The molecule has 0 saturated heterocycles. The van der Waals surface area contributed by atoms with Crippen LogP contribution in [0.4, 0.5) is 5.69 Å². The van der Waals surface area contributed by atoms with Crippen LogP contribution in [0.25, 0.3) is 10.9 Å². The molecule has 0 bridgehead atoms. The fourth-order valence-corrected chi connectivity index (χ4v) is 1.46. The molecule has 1 aromatic carbocycles. The second-order valence-corrected chi connectivity index (χ2v) is 2.96. The zero-order valence-corrected chi connectivity index (χ0v) is 7.70. The molecule has 0 radical (unpaired) electrons. The van der Waals surface area contributed by atoms with Crippen molar-refractivity contribution in [1.29, 1.82) is 0 Å². The topological polar surface area (TPSA) is 68.1 Å². The smallest absolute Gasteiger partial charge is 0.340 e. The molecule has 2 aromatic rings. The predicted molar refractivity (Wildman–Crippen MR) is 54.1 cm³/mol. The fraction of sp³-hybridized carbons (Fsp3) is 0.100. The molecule has 14 heavy (non-hydrogen) atoms. The molecule has 0 aliphatic heterocycles. The second-order valence-electron chi connectivity index (χ2n) is 2.96. The van der Waals surface area contributed by atoms with Crippen molar-refractivity contribution in [3.8, 4) is 0 Å². The number of carbonyl (C=O) groups excluding carboxylic acids is 1. The number of H-pyrrole nitrogens is 1. The molecule has 0 fully saturated rings. The van der Waals surface area contributed by atoms with Crippen LogP contribution in [-0.4, -0.2) is 18.1 Å². The van der Waals surface area contributed by atoms with Gasteiger partial charge in [-0.1, -0.05) is 12.1 Å². The molecule has 0 atom stereocenters. The van der Waals surface area contributed by atoms with Crippen LogP contribution in [-0.2, 0) is 4.74 Å². The summed E-state index contributed by atoms with van der Waals surface area (Å²) in [6, 6.07) is 5.41. The Morgan fingerprint density at radius 2 is 2.29 bits per heavy atom. The average Bonchev–Trinajstić information content (AvgIpc) is 2.62. The zero-order valence-electron chi connectivity index (χ0n) is 7.70. The van der Waals surface area contributed by atoms with Crippen LogP contribution in [0, 0.1) is 0 Å². The number of nitrogens with one attached hydrogen (secondary N) is 1. The van der Waals surface area contributed by atoms with Crippen molar-refractivity contribution in [2.24, 2.45) is 0 Å². The third-order valence-electron chi connectivity index (χ3n) is 2.15. The van der Waals surface area contributed by atoms with Gasteiger partial charge in [-0.05, 0) is 6.07 Å². The summed E-state index contributed by atoms with van der Waals surface area (Å²) < 4.78 is 4.64. The number of aromatic nitrogens is 1. The van der Waals surface area contributed by atoms with Gasteiger partial charge in [0, 0.05) is 11.6 Å². The van der Waals surface area contributed by atoms with Crippen LogP contribution in [0.3, 0.4) is 0 Å². The highest BCUT2D eigenvalue weighted by Crippen LogP contribution is 2.23. The van der Waals surface area contributed by atoms with Crippen molar-refractivity contribution < 1.29 is 9.53 Å². The number of benzene rings is 1. The molecule has 0 spiro atoms. The molecule has 4 heteroatoms. The maximum Gasteiger partial charge on any atom is 0.340 e. The van der Waals surface area contributed by atoms with Gasteiger partial charge in [0.15, 0.2) is 0 Å². The maximum absolute atomic E-state index is 11.3. The van der Waals surface area contributed by atoms with E-state index in [1.807, 2.05) is 6.07 Å². The molecule has 4 nitrogen and oxygen atoms in total. The first-order valence-corrected chi connectivity index (χ1v) is 4.18. The minimum absolute atomic E-state index is 0.359. The number of rotatable bonds is 1. The Labute approximate surface area is 80.7 Å². The normalized spacial score (nSPS) is 10.4. The zero-order chi connectivity index (χ0) is 10.1. The monoisotopic (exact) mass is 190 g/mol. The van der Waals surface area contributed by atoms with Gasteiger partial charge in [-0.2, -0.15) is 0 Å². The van der Waals surface area contributed by atoms with E-state index in [4.69, 9.17) is 5.73 Å². The van der Waals surface area contributed by atoms with Gasteiger partial charge in [0.1, 0.15) is 0 Å². The van der Waals surface area contributed by atoms with Crippen molar-refractivity contribution in [3.63, 3.8) is 0 Å². The number of nitrogen functional groups attached to an aromatic ring is 1. The Morgan fingerprint density at radius 3 is 3.00 bits per heavy atom. The van der Waals surface area contributed by atoms with Gasteiger partial charge in [-0.25, -0.2) is 4.79 Å². The largest absolute Gasteiger partial charge is 0.465 e. The quantitative estimate of drug-likeness (QED) is 0.529. The number of nitrogens with two attached hydrogens (primary N) is 1. The molecule has 0 unspecified atom stereocenters. The summed E-state index contributed by atoms with van der Waals surface area (Å²) in [6.45, 7) is 0. The van der Waals surface area contributed by atoms with E-state index in [1.54, 1.807) is 18.3 Å². The minimum Gasteiger partial charge on any atom is -0.465 e. The van der Waals surface area contributed by atoms with E-state index in [9.17, 15) is 4.79 Å². The first-order chi connectivity index (χ1) is 6.74. The summed E-state index contributed by atoms with van der Waals surface area (Å²) in [6.07, 6.45) is 1.60. The van der Waals surface area contributed by atoms with E-state index in [1.165, 1.54) is 7.11 Å². The predicted octanol–water partition coefficient (Wildman–Crippen LogP) is 1.54. The number of carbonyl (C=O) groups is 1. The molecule has 72 valence electrons. The highest BCUT2D eigenvalue weighted by atomic mass is 16.5. The molecular formula is C10H10N2O2. The first-order valence-electron chi connectivity index (χ1n) is 4.18. The van der Waals surface area contributed by atoms with Crippen LogP contribution in [0.5, 0.6) is 0 Å². The van der Waals surface area contributed by atoms with Crippen LogP contribution in [0.15, 0.2) is 24.4 Å². The summed E-state index contributed by atoms with van der Waals surface area (Å²) in [4.78, 5) is 14.3. The van der Waals surface area contributed by atoms with Gasteiger partial charge in [0.25, 0.3) is 0 Å². The molecule has 0 saturated carbocycles. The third-order valence-corrected chi connectivity index (χ3v) is 2.15. The first kappa shape index (κ1) is 8.62. The number of aromatic amines is 1. The SMILES string of the molecule is COC(=O)c1c[nH]c2c(N)cccc12. The number of methoxy groups -OCH3 is 1. The molecule has 0 aliphatic rings. The number of esters is 1. The molecular weight excluding hydrogens is 180 g/mol. The Bertz CT molecular complexity index is 488. The van der Waals surface area contributed by atoms with Crippen molar-refractivity contribution in [3.05, 3.63) is 30.0 Å². The van der Waals surface area contributed by atoms with Crippen molar-refractivity contribution in [2.45, 2.75) is 0 Å². The van der Waals surface area contributed by atoms with Crippen LogP contribution >= 0.6 is 0 Å². The van der Waals surface area contributed by atoms with Crippen molar-refractivity contribution in [2.75, 3.05) is 12.8 Å². The summed E-state index contributed by atoms with van der Waals surface area (Å²) in [5.74, 6) is -0.359. The number of fused-ring (bicyclic) bond motifs is 1. The van der Waals surface area contributed by atoms with Gasteiger partial charge in [0.05, 0.1) is 23.9 Å². The molecule has 2 rings (SSSR count). The number of hydrogen-bond acceptors (Lipinski definition) is 3. The van der Waals surface area contributed by atoms with Crippen LogP contribution in [0.1, 0.15) is 10.4 Å². The van der Waals surface area contributed by atoms with Crippen molar-refractivity contribution >= 4 is 22.6 Å². The van der Waals surface area contributed by atoms with E-state index in [0.29, 0.717) is 11.3 Å². The van der Waals surface area contributed by atoms with E-state index in [-0.39, 0.29) is 5.97 Å². The highest BCUT2D eigenvalue weighted by molar-refractivity contribution is 6.06. The minimum atomic E-state index is -0.359. The standard InChI is InChI=1S/C10H10N2O2/c1-14-10(13)7-5-12-9-6(7)3-2-4-8(9)11/h2-5,12H,11H2,1H3. The average molecular weight is 190 g/mol. The van der Waals surface area contributed by atoms with E-state index in [0.717, 1.165) is 10.9 Å². The molecule has 0 amide bonds. The summed E-state index contributed by atoms with van der Waals surface area (Å²) >= 11 is 0. The molecule has 3 N–H and O–H groups in total. The van der Waals surface area contributed by atoms with E-state index >= 15 is 0 Å². The molecule has 1 aromatic heterocycles. The Hall–Kier alpha value is -1.97. The van der Waals surface area contributed by atoms with Gasteiger partial charge in [-0.3, -0.25) is 0 Å². The second kappa shape index (κ2) is 3.06. The highest BCUT2D eigenvalue weighted by Gasteiger charge is 2.12. The lowest BCUT2D eigenvalue weighted by molar-refractivity contribution is 0.0603. The molecule has 0 aliphatic carbocycles. The summed E-state index contributed by atoms with van der Waals surface area (Å²) in [7, 11) is 1.35.